The average Bonchev–Trinajstić information content (AvgIpc) is 2.77. The van der Waals surface area contributed by atoms with Gasteiger partial charge in [0.1, 0.15) is 0 Å². The lowest BCUT2D eigenvalue weighted by molar-refractivity contribution is -0.130. The second-order valence-corrected chi connectivity index (χ2v) is 8.15. The van der Waals surface area contributed by atoms with Crippen LogP contribution in [-0.2, 0) is 26.3 Å². The normalized spacial score (nSPS) is 15.2. The summed E-state index contributed by atoms with van der Waals surface area (Å²) in [5, 5.41) is 5.48. The van der Waals surface area contributed by atoms with E-state index >= 15 is 0 Å². The fourth-order valence-electron chi connectivity index (χ4n) is 3.53. The maximum atomic E-state index is 13.2. The molecule has 0 unspecified atom stereocenters. The Hall–Kier alpha value is -2.71. The molecular weight excluding hydrogens is 450 g/mol. The summed E-state index contributed by atoms with van der Waals surface area (Å²) in [5.74, 6) is -1.01. The molecule has 0 atom stereocenters. The summed E-state index contributed by atoms with van der Waals surface area (Å²) in [5.41, 5.74) is 6.68. The monoisotopic (exact) mass is 473 g/mol. The zero-order valence-corrected chi connectivity index (χ0v) is 18.0. The predicted molar refractivity (Wildman–Crippen MR) is 116 cm³/mol. The molecule has 8 heteroatoms. The molecule has 2 aromatic carbocycles. The summed E-state index contributed by atoms with van der Waals surface area (Å²) in [4.78, 5) is 35.9. The van der Waals surface area contributed by atoms with Crippen molar-refractivity contribution in [2.45, 2.75) is 24.8 Å². The van der Waals surface area contributed by atoms with Gasteiger partial charge in [-0.2, -0.15) is 0 Å². The molecule has 1 fully saturated rings. The van der Waals surface area contributed by atoms with E-state index in [2.05, 4.69) is 26.6 Å². The van der Waals surface area contributed by atoms with Crippen LogP contribution in [0.2, 0.25) is 0 Å². The molecule has 1 aliphatic rings. The molecule has 158 valence electrons. The van der Waals surface area contributed by atoms with Gasteiger partial charge in [0.25, 0.3) is 5.91 Å². The van der Waals surface area contributed by atoms with Crippen molar-refractivity contribution in [3.8, 4) is 0 Å². The lowest BCUT2D eigenvalue weighted by Gasteiger charge is -2.36. The third-order valence-corrected chi connectivity index (χ3v) is 5.80. The molecule has 7 nitrogen and oxygen atoms in total. The van der Waals surface area contributed by atoms with Crippen LogP contribution in [-0.4, -0.2) is 37.5 Å². The van der Waals surface area contributed by atoms with Gasteiger partial charge in [-0.1, -0.05) is 40.2 Å². The van der Waals surface area contributed by atoms with E-state index < -0.39 is 11.3 Å². The first kappa shape index (κ1) is 22.0. The van der Waals surface area contributed by atoms with Crippen LogP contribution in [0.1, 0.15) is 34.3 Å². The number of hydrogen-bond donors (Lipinski definition) is 3. The van der Waals surface area contributed by atoms with Gasteiger partial charge in [-0.05, 0) is 48.2 Å². The van der Waals surface area contributed by atoms with Crippen LogP contribution in [0.25, 0.3) is 0 Å². The van der Waals surface area contributed by atoms with E-state index in [-0.39, 0.29) is 18.4 Å². The van der Waals surface area contributed by atoms with Crippen molar-refractivity contribution >= 4 is 33.7 Å². The number of hydrogen-bond acceptors (Lipinski definition) is 4. The number of primary amides is 1. The van der Waals surface area contributed by atoms with Crippen molar-refractivity contribution < 1.29 is 19.1 Å². The first-order valence-corrected chi connectivity index (χ1v) is 10.5. The van der Waals surface area contributed by atoms with Crippen LogP contribution < -0.4 is 16.4 Å². The summed E-state index contributed by atoms with van der Waals surface area (Å²) in [6.45, 7) is 1.22. The quantitative estimate of drug-likeness (QED) is 0.571. The lowest BCUT2D eigenvalue weighted by Crippen LogP contribution is -2.47. The minimum absolute atomic E-state index is 0.0311. The molecule has 3 amide bonds. The minimum atomic E-state index is -0.618. The van der Waals surface area contributed by atoms with Crippen molar-refractivity contribution in [3.05, 3.63) is 69.7 Å². The van der Waals surface area contributed by atoms with Crippen molar-refractivity contribution in [2.24, 2.45) is 5.73 Å². The molecule has 4 N–H and O–H groups in total. The molecule has 0 radical (unpaired) electrons. The third-order valence-electron chi connectivity index (χ3n) is 5.27. The number of carbonyl (C=O) groups excluding carboxylic acids is 3. The fourth-order valence-corrected chi connectivity index (χ4v) is 3.79. The number of ether oxygens (including phenoxy) is 1. The first-order valence-electron chi connectivity index (χ1n) is 9.68. The minimum Gasteiger partial charge on any atom is -0.381 e. The van der Waals surface area contributed by atoms with Gasteiger partial charge in [0.15, 0.2) is 0 Å². The first-order chi connectivity index (χ1) is 14.4. The summed E-state index contributed by atoms with van der Waals surface area (Å²) in [7, 11) is 0. The molecule has 2 aromatic rings. The van der Waals surface area contributed by atoms with Gasteiger partial charge in [-0.3, -0.25) is 14.4 Å². The fraction of sp³-hybridized carbons (Fsp3) is 0.318. The summed E-state index contributed by atoms with van der Waals surface area (Å²) in [6, 6.07) is 14.7. The number of nitrogens with one attached hydrogen (secondary N) is 2. The maximum absolute atomic E-state index is 13.2. The smallest absolute Gasteiger partial charge is 0.251 e. The summed E-state index contributed by atoms with van der Waals surface area (Å²) >= 11 is 3.44. The summed E-state index contributed by atoms with van der Waals surface area (Å²) < 4.78 is 6.46. The molecule has 0 aliphatic carbocycles. The molecule has 0 saturated carbocycles. The van der Waals surface area contributed by atoms with E-state index in [1.54, 1.807) is 24.3 Å². The number of rotatable bonds is 7. The topological polar surface area (TPSA) is 111 Å². The van der Waals surface area contributed by atoms with Crippen molar-refractivity contribution in [1.82, 2.24) is 10.6 Å². The Morgan fingerprint density at radius 3 is 2.20 bits per heavy atom. The standard InChI is InChI=1S/C22H24BrN3O4/c23-18-7-5-17(6-8-18)22(9-11-30-12-10-22)21(29)26-13-15-1-3-16(4-2-15)20(28)25-14-19(24)27/h1-8H,9-14H2,(H2,24,27)(H,25,28)(H,26,29). The number of nitrogens with two attached hydrogens (primary N) is 1. The molecule has 30 heavy (non-hydrogen) atoms. The van der Waals surface area contributed by atoms with Gasteiger partial charge in [-0.15, -0.1) is 0 Å². The highest BCUT2D eigenvalue weighted by molar-refractivity contribution is 9.10. The molecule has 1 heterocycles. The Labute approximate surface area is 183 Å². The van der Waals surface area contributed by atoms with Crippen molar-refractivity contribution in [1.29, 1.82) is 0 Å². The maximum Gasteiger partial charge on any atom is 0.251 e. The SMILES string of the molecule is NC(=O)CNC(=O)c1ccc(CNC(=O)C2(c3ccc(Br)cc3)CCOCC2)cc1. The van der Waals surface area contributed by atoms with E-state index in [1.165, 1.54) is 0 Å². The van der Waals surface area contributed by atoms with Crippen LogP contribution in [0.4, 0.5) is 0 Å². The lowest BCUT2D eigenvalue weighted by atomic mass is 9.73. The Morgan fingerprint density at radius 1 is 0.967 bits per heavy atom. The molecule has 1 saturated heterocycles. The largest absolute Gasteiger partial charge is 0.381 e. The number of halogens is 1. The van der Waals surface area contributed by atoms with Crippen LogP contribution in [0.5, 0.6) is 0 Å². The van der Waals surface area contributed by atoms with Gasteiger partial charge >= 0.3 is 0 Å². The number of carbonyl (C=O) groups is 3. The van der Waals surface area contributed by atoms with E-state index in [4.69, 9.17) is 10.5 Å². The van der Waals surface area contributed by atoms with Crippen molar-refractivity contribution in [3.63, 3.8) is 0 Å². The highest BCUT2D eigenvalue weighted by Crippen LogP contribution is 2.35. The van der Waals surface area contributed by atoms with Gasteiger partial charge in [0.05, 0.1) is 12.0 Å². The summed E-state index contributed by atoms with van der Waals surface area (Å²) in [6.07, 6.45) is 1.25. The zero-order valence-electron chi connectivity index (χ0n) is 16.4. The second kappa shape index (κ2) is 9.86. The Balaban J connectivity index is 1.66. The van der Waals surface area contributed by atoms with Crippen LogP contribution in [0.3, 0.4) is 0 Å². The highest BCUT2D eigenvalue weighted by Gasteiger charge is 2.41. The van der Waals surface area contributed by atoms with E-state index in [0.29, 0.717) is 38.2 Å². The molecule has 0 aromatic heterocycles. The van der Waals surface area contributed by atoms with Crippen LogP contribution in [0.15, 0.2) is 53.0 Å². The molecule has 3 rings (SSSR count). The Morgan fingerprint density at radius 2 is 1.60 bits per heavy atom. The van der Waals surface area contributed by atoms with E-state index in [9.17, 15) is 14.4 Å². The zero-order chi connectivity index (χ0) is 21.6. The van der Waals surface area contributed by atoms with Crippen molar-refractivity contribution in [2.75, 3.05) is 19.8 Å². The van der Waals surface area contributed by atoms with Gasteiger partial charge in [-0.25, -0.2) is 0 Å². The third kappa shape index (κ3) is 5.25. The highest BCUT2D eigenvalue weighted by atomic mass is 79.9. The van der Waals surface area contributed by atoms with Gasteiger partial charge in [0.2, 0.25) is 11.8 Å². The molecule has 1 aliphatic heterocycles. The number of benzene rings is 2. The van der Waals surface area contributed by atoms with E-state index in [1.807, 2.05) is 24.3 Å². The Bertz CT molecular complexity index is 907. The second-order valence-electron chi connectivity index (χ2n) is 7.23. The van der Waals surface area contributed by atoms with Gasteiger partial charge in [0, 0.05) is 29.8 Å². The average molecular weight is 474 g/mol. The van der Waals surface area contributed by atoms with E-state index in [0.717, 1.165) is 15.6 Å². The van der Waals surface area contributed by atoms with Gasteiger partial charge < -0.3 is 21.1 Å². The van der Waals surface area contributed by atoms with Crippen LogP contribution in [0, 0.1) is 0 Å². The molecule has 0 bridgehead atoms. The Kier molecular flexibility index (Phi) is 7.23. The number of amides is 3. The van der Waals surface area contributed by atoms with Crippen LogP contribution >= 0.6 is 15.9 Å². The molecular formula is C22H24BrN3O4. The predicted octanol–water partition coefficient (Wildman–Crippen LogP) is 2.03. The molecule has 0 spiro atoms.